The summed E-state index contributed by atoms with van der Waals surface area (Å²) in [4.78, 5) is 31.5. The van der Waals surface area contributed by atoms with Gasteiger partial charge in [-0.1, -0.05) is 19.3 Å². The van der Waals surface area contributed by atoms with Gasteiger partial charge >= 0.3 is 0 Å². The molecule has 3 fully saturated rings. The van der Waals surface area contributed by atoms with Crippen molar-refractivity contribution in [3.63, 3.8) is 0 Å². The standard InChI is InChI=1S/C20H35N3O2/c1-15(20(25)21(3)17-9-5-4-6-10-17)22-13-7-11-18(22)19-12-8-14-23(19)16(2)24/h15,17-19H,4-14H2,1-3H3. The highest BCUT2D eigenvalue weighted by molar-refractivity contribution is 5.81. The van der Waals surface area contributed by atoms with Crippen LogP contribution in [0.2, 0.25) is 0 Å². The number of carbonyl (C=O) groups excluding carboxylic acids is 2. The maximum Gasteiger partial charge on any atom is 0.239 e. The number of hydrogen-bond acceptors (Lipinski definition) is 3. The lowest BCUT2D eigenvalue weighted by molar-refractivity contribution is -0.139. The van der Waals surface area contributed by atoms with Crippen molar-refractivity contribution in [2.45, 2.75) is 95.8 Å². The monoisotopic (exact) mass is 349 g/mol. The Balaban J connectivity index is 1.66. The largest absolute Gasteiger partial charge is 0.341 e. The summed E-state index contributed by atoms with van der Waals surface area (Å²) in [5.74, 6) is 0.457. The Hall–Kier alpha value is -1.10. The fourth-order valence-corrected chi connectivity index (χ4v) is 5.38. The number of likely N-dealkylation sites (N-methyl/N-ethyl adjacent to an activating group) is 1. The van der Waals surface area contributed by atoms with Crippen LogP contribution in [0.3, 0.4) is 0 Å². The first kappa shape index (κ1) is 18.7. The summed E-state index contributed by atoms with van der Waals surface area (Å²) in [5, 5.41) is 0. The maximum absolute atomic E-state index is 13.1. The number of rotatable bonds is 4. The molecule has 1 saturated carbocycles. The Bertz CT molecular complexity index is 489. The normalized spacial score (nSPS) is 29.8. The summed E-state index contributed by atoms with van der Waals surface area (Å²) in [6, 6.07) is 0.999. The molecule has 2 aliphatic heterocycles. The van der Waals surface area contributed by atoms with E-state index in [0.29, 0.717) is 18.1 Å². The zero-order valence-corrected chi connectivity index (χ0v) is 16.2. The van der Waals surface area contributed by atoms with Gasteiger partial charge in [0.2, 0.25) is 11.8 Å². The molecule has 2 saturated heterocycles. The van der Waals surface area contributed by atoms with E-state index in [0.717, 1.165) is 51.6 Å². The predicted molar refractivity (Wildman–Crippen MR) is 99.2 cm³/mol. The molecule has 142 valence electrons. The lowest BCUT2D eigenvalue weighted by Gasteiger charge is -2.40. The summed E-state index contributed by atoms with van der Waals surface area (Å²) in [5.41, 5.74) is 0. The third-order valence-electron chi connectivity index (χ3n) is 6.81. The first-order valence-corrected chi connectivity index (χ1v) is 10.3. The van der Waals surface area contributed by atoms with Gasteiger partial charge in [-0.2, -0.15) is 0 Å². The molecular formula is C20H35N3O2. The Labute approximate surface area is 152 Å². The highest BCUT2D eigenvalue weighted by Gasteiger charge is 2.42. The van der Waals surface area contributed by atoms with Gasteiger partial charge in [0.25, 0.3) is 0 Å². The molecule has 0 spiro atoms. The van der Waals surface area contributed by atoms with E-state index in [1.54, 1.807) is 6.92 Å². The van der Waals surface area contributed by atoms with Gasteiger partial charge in [0.15, 0.2) is 0 Å². The van der Waals surface area contributed by atoms with E-state index in [2.05, 4.69) is 11.8 Å². The second-order valence-corrected chi connectivity index (χ2v) is 8.29. The minimum Gasteiger partial charge on any atom is -0.341 e. The third kappa shape index (κ3) is 3.86. The lowest BCUT2D eigenvalue weighted by Crippen LogP contribution is -2.55. The van der Waals surface area contributed by atoms with E-state index < -0.39 is 0 Å². The molecule has 0 aromatic carbocycles. The molecule has 2 heterocycles. The van der Waals surface area contributed by atoms with Gasteiger partial charge in [-0.15, -0.1) is 0 Å². The summed E-state index contributed by atoms with van der Waals surface area (Å²) >= 11 is 0. The Morgan fingerprint density at radius 2 is 1.56 bits per heavy atom. The van der Waals surface area contributed by atoms with Crippen molar-refractivity contribution in [1.82, 2.24) is 14.7 Å². The third-order valence-corrected chi connectivity index (χ3v) is 6.81. The van der Waals surface area contributed by atoms with Gasteiger partial charge in [-0.25, -0.2) is 0 Å². The number of hydrogen-bond donors (Lipinski definition) is 0. The van der Waals surface area contributed by atoms with E-state index in [-0.39, 0.29) is 17.9 Å². The summed E-state index contributed by atoms with van der Waals surface area (Å²) in [6.07, 6.45) is 10.5. The molecule has 5 nitrogen and oxygen atoms in total. The van der Waals surface area contributed by atoms with Crippen LogP contribution in [-0.4, -0.2) is 70.8 Å². The molecule has 2 amide bonds. The van der Waals surface area contributed by atoms with Crippen molar-refractivity contribution >= 4 is 11.8 Å². The molecule has 5 heteroatoms. The average molecular weight is 350 g/mol. The van der Waals surface area contributed by atoms with Crippen LogP contribution in [0.1, 0.15) is 71.6 Å². The zero-order valence-electron chi connectivity index (χ0n) is 16.2. The van der Waals surface area contributed by atoms with E-state index >= 15 is 0 Å². The summed E-state index contributed by atoms with van der Waals surface area (Å²) in [6.45, 7) is 5.63. The zero-order chi connectivity index (χ0) is 18.0. The molecule has 3 atom stereocenters. The first-order chi connectivity index (χ1) is 12.0. The van der Waals surface area contributed by atoms with Crippen molar-refractivity contribution in [3.05, 3.63) is 0 Å². The van der Waals surface area contributed by atoms with Crippen molar-refractivity contribution in [2.75, 3.05) is 20.1 Å². The van der Waals surface area contributed by atoms with Crippen LogP contribution in [0.4, 0.5) is 0 Å². The van der Waals surface area contributed by atoms with Crippen molar-refractivity contribution in [3.8, 4) is 0 Å². The minimum atomic E-state index is -0.0752. The molecule has 3 aliphatic rings. The molecule has 0 N–H and O–H groups in total. The number of likely N-dealkylation sites (tertiary alicyclic amines) is 2. The van der Waals surface area contributed by atoms with Crippen molar-refractivity contribution in [2.24, 2.45) is 0 Å². The average Bonchev–Trinajstić information content (AvgIpc) is 3.29. The number of carbonyl (C=O) groups is 2. The maximum atomic E-state index is 13.1. The van der Waals surface area contributed by atoms with E-state index in [9.17, 15) is 9.59 Å². The van der Waals surface area contributed by atoms with Crippen molar-refractivity contribution in [1.29, 1.82) is 0 Å². The highest BCUT2D eigenvalue weighted by Crippen LogP contribution is 2.32. The molecule has 25 heavy (non-hydrogen) atoms. The molecular weight excluding hydrogens is 314 g/mol. The first-order valence-electron chi connectivity index (χ1n) is 10.3. The van der Waals surface area contributed by atoms with Crippen LogP contribution in [0.25, 0.3) is 0 Å². The van der Waals surface area contributed by atoms with Gasteiger partial charge < -0.3 is 9.80 Å². The fourth-order valence-electron chi connectivity index (χ4n) is 5.38. The SMILES string of the molecule is CC(=O)N1CCCC1C1CCCN1C(C)C(=O)N(C)C1CCCCC1. The molecule has 0 aromatic rings. The summed E-state index contributed by atoms with van der Waals surface area (Å²) in [7, 11) is 2.00. The Kier molecular flexibility index (Phi) is 6.03. The van der Waals surface area contributed by atoms with Crippen LogP contribution < -0.4 is 0 Å². The van der Waals surface area contributed by atoms with Gasteiger partial charge in [-0.3, -0.25) is 14.5 Å². The molecule has 0 aromatic heterocycles. The smallest absolute Gasteiger partial charge is 0.239 e. The van der Waals surface area contributed by atoms with E-state index in [1.807, 2.05) is 16.8 Å². The lowest BCUT2D eigenvalue weighted by atomic mass is 9.94. The van der Waals surface area contributed by atoms with Crippen LogP contribution in [-0.2, 0) is 9.59 Å². The van der Waals surface area contributed by atoms with E-state index in [1.165, 1.54) is 19.3 Å². The molecule has 0 radical (unpaired) electrons. The molecule has 1 aliphatic carbocycles. The quantitative estimate of drug-likeness (QED) is 0.784. The van der Waals surface area contributed by atoms with Gasteiger partial charge in [0.1, 0.15) is 0 Å². The second-order valence-electron chi connectivity index (χ2n) is 8.29. The number of amides is 2. The van der Waals surface area contributed by atoms with Crippen LogP contribution in [0.15, 0.2) is 0 Å². The number of nitrogens with zero attached hydrogens (tertiary/aromatic N) is 3. The fraction of sp³-hybridized carbons (Fsp3) is 0.900. The van der Waals surface area contributed by atoms with E-state index in [4.69, 9.17) is 0 Å². The second kappa shape index (κ2) is 8.07. The Morgan fingerprint density at radius 1 is 0.920 bits per heavy atom. The highest BCUT2D eigenvalue weighted by atomic mass is 16.2. The van der Waals surface area contributed by atoms with Gasteiger partial charge in [0, 0.05) is 38.6 Å². The minimum absolute atomic E-state index is 0.0752. The van der Waals surface area contributed by atoms with Crippen LogP contribution >= 0.6 is 0 Å². The van der Waals surface area contributed by atoms with Gasteiger partial charge in [0.05, 0.1) is 6.04 Å². The molecule has 3 rings (SSSR count). The Morgan fingerprint density at radius 3 is 2.24 bits per heavy atom. The topological polar surface area (TPSA) is 43.9 Å². The molecule has 3 unspecified atom stereocenters. The van der Waals surface area contributed by atoms with Crippen LogP contribution in [0.5, 0.6) is 0 Å². The summed E-state index contributed by atoms with van der Waals surface area (Å²) < 4.78 is 0. The molecule has 0 bridgehead atoms. The van der Waals surface area contributed by atoms with Crippen LogP contribution in [0, 0.1) is 0 Å². The van der Waals surface area contributed by atoms with Crippen molar-refractivity contribution < 1.29 is 9.59 Å². The predicted octanol–water partition coefficient (Wildman–Crippen LogP) is 2.64. The van der Waals surface area contributed by atoms with Gasteiger partial charge in [-0.05, 0) is 52.0 Å².